The van der Waals surface area contributed by atoms with Crippen LogP contribution in [-0.2, 0) is 4.79 Å². The number of anilines is 2. The van der Waals surface area contributed by atoms with Crippen molar-refractivity contribution in [3.05, 3.63) is 95.6 Å². The molecule has 0 spiro atoms. The lowest BCUT2D eigenvalue weighted by Gasteiger charge is -2.41. The van der Waals surface area contributed by atoms with Gasteiger partial charge in [0, 0.05) is 17.4 Å². The van der Waals surface area contributed by atoms with E-state index in [-0.39, 0.29) is 18.0 Å². The van der Waals surface area contributed by atoms with Gasteiger partial charge in [-0.3, -0.25) is 19.3 Å². The van der Waals surface area contributed by atoms with Crippen LogP contribution < -0.4 is 10.2 Å². The van der Waals surface area contributed by atoms with Gasteiger partial charge in [-0.05, 0) is 56.2 Å². The second kappa shape index (κ2) is 8.20. The molecular weight excluding hydrogens is 414 g/mol. The van der Waals surface area contributed by atoms with Crippen LogP contribution in [0, 0.1) is 0 Å². The summed E-state index contributed by atoms with van der Waals surface area (Å²) >= 11 is 0. The lowest BCUT2D eigenvalue weighted by atomic mass is 9.90. The number of benzene rings is 3. The summed E-state index contributed by atoms with van der Waals surface area (Å²) < 4.78 is 0. The maximum absolute atomic E-state index is 13.7. The van der Waals surface area contributed by atoms with E-state index in [9.17, 15) is 14.4 Å². The fourth-order valence-electron chi connectivity index (χ4n) is 4.89. The zero-order valence-corrected chi connectivity index (χ0v) is 18.6. The summed E-state index contributed by atoms with van der Waals surface area (Å²) in [6.07, 6.45) is 0.701. The fraction of sp³-hybridized carbons (Fsp3) is 0.222. The Morgan fingerprint density at radius 2 is 1.45 bits per heavy atom. The minimum atomic E-state index is -0.911. The molecule has 3 aromatic carbocycles. The molecule has 166 valence electrons. The summed E-state index contributed by atoms with van der Waals surface area (Å²) in [6, 6.07) is 23.5. The van der Waals surface area contributed by atoms with Crippen LogP contribution in [0.4, 0.5) is 11.4 Å². The van der Waals surface area contributed by atoms with Crippen molar-refractivity contribution in [3.8, 4) is 0 Å². The van der Waals surface area contributed by atoms with E-state index in [0.717, 1.165) is 21.8 Å². The lowest BCUT2D eigenvalue weighted by Crippen LogP contribution is -2.54. The molecule has 3 atom stereocenters. The number of carbonyl (C=O) groups is 3. The minimum Gasteiger partial charge on any atom is -0.378 e. The molecule has 1 N–H and O–H groups in total. The van der Waals surface area contributed by atoms with Gasteiger partial charge in [0.05, 0.1) is 17.2 Å². The molecule has 0 aromatic heterocycles. The molecule has 0 saturated carbocycles. The molecule has 2 aliphatic heterocycles. The number of fused-ring (bicyclic) bond motifs is 2. The first kappa shape index (κ1) is 20.9. The zero-order chi connectivity index (χ0) is 23.1. The Kier molecular flexibility index (Phi) is 5.21. The summed E-state index contributed by atoms with van der Waals surface area (Å²) in [4.78, 5) is 42.4. The van der Waals surface area contributed by atoms with E-state index in [1.807, 2.05) is 61.5 Å². The topological polar surface area (TPSA) is 69.7 Å². The van der Waals surface area contributed by atoms with Gasteiger partial charge < -0.3 is 10.2 Å². The fourth-order valence-corrected chi connectivity index (χ4v) is 4.89. The van der Waals surface area contributed by atoms with Crippen LogP contribution in [0.15, 0.2) is 78.9 Å². The summed E-state index contributed by atoms with van der Waals surface area (Å²) in [7, 11) is 0. The molecule has 33 heavy (non-hydrogen) atoms. The third-order valence-electron chi connectivity index (χ3n) is 6.51. The standard InChI is InChI=1S/C27H25N3O3/c1-17-16-23(28-19-10-4-3-5-11-19)22-14-8-9-15-24(22)29(17)25(31)18(2)30-26(32)20-12-6-7-13-21(20)27(30)33/h3-15,17-18,23,28H,16H2,1-2H3. The second-order valence-corrected chi connectivity index (χ2v) is 8.62. The summed E-state index contributed by atoms with van der Waals surface area (Å²) in [5.41, 5.74) is 3.53. The van der Waals surface area contributed by atoms with Crippen molar-refractivity contribution in [2.75, 3.05) is 10.2 Å². The average molecular weight is 440 g/mol. The van der Waals surface area contributed by atoms with Gasteiger partial charge in [0.2, 0.25) is 5.91 Å². The van der Waals surface area contributed by atoms with Gasteiger partial charge in [-0.2, -0.15) is 0 Å². The van der Waals surface area contributed by atoms with Crippen molar-refractivity contribution < 1.29 is 14.4 Å². The highest BCUT2D eigenvalue weighted by molar-refractivity contribution is 6.23. The van der Waals surface area contributed by atoms with Crippen molar-refractivity contribution in [2.24, 2.45) is 0 Å². The number of carbonyl (C=O) groups excluding carboxylic acids is 3. The van der Waals surface area contributed by atoms with E-state index in [0.29, 0.717) is 17.5 Å². The number of nitrogens with zero attached hydrogens (tertiary/aromatic N) is 2. The van der Waals surface area contributed by atoms with Crippen LogP contribution in [-0.4, -0.2) is 34.7 Å². The predicted octanol–water partition coefficient (Wildman–Crippen LogP) is 4.65. The molecule has 6 heteroatoms. The van der Waals surface area contributed by atoms with Crippen molar-refractivity contribution in [1.29, 1.82) is 0 Å². The van der Waals surface area contributed by atoms with E-state index < -0.39 is 17.9 Å². The van der Waals surface area contributed by atoms with Crippen LogP contribution in [0.1, 0.15) is 52.6 Å². The summed E-state index contributed by atoms with van der Waals surface area (Å²) in [5, 5.41) is 3.58. The van der Waals surface area contributed by atoms with Gasteiger partial charge in [-0.15, -0.1) is 0 Å². The van der Waals surface area contributed by atoms with E-state index in [1.165, 1.54) is 0 Å². The molecule has 3 unspecified atom stereocenters. The number of amides is 3. The normalized spacial score (nSPS) is 20.3. The number of hydrogen-bond acceptors (Lipinski definition) is 4. The van der Waals surface area contributed by atoms with Crippen molar-refractivity contribution in [1.82, 2.24) is 4.90 Å². The first-order chi connectivity index (χ1) is 16.0. The van der Waals surface area contributed by atoms with E-state index in [2.05, 4.69) is 5.32 Å². The molecule has 0 bridgehead atoms. The van der Waals surface area contributed by atoms with Crippen LogP contribution in [0.2, 0.25) is 0 Å². The van der Waals surface area contributed by atoms with Gasteiger partial charge in [-0.25, -0.2) is 0 Å². The van der Waals surface area contributed by atoms with Gasteiger partial charge >= 0.3 is 0 Å². The molecule has 6 nitrogen and oxygen atoms in total. The summed E-state index contributed by atoms with van der Waals surface area (Å²) in [6.45, 7) is 3.64. The molecule has 0 fully saturated rings. The van der Waals surface area contributed by atoms with Crippen LogP contribution in [0.5, 0.6) is 0 Å². The molecule has 0 radical (unpaired) electrons. The molecule has 0 aliphatic carbocycles. The first-order valence-corrected chi connectivity index (χ1v) is 11.2. The number of hydrogen-bond donors (Lipinski definition) is 1. The maximum atomic E-state index is 13.7. The highest BCUT2D eigenvalue weighted by atomic mass is 16.2. The van der Waals surface area contributed by atoms with E-state index in [1.54, 1.807) is 36.1 Å². The monoisotopic (exact) mass is 439 g/mol. The molecule has 5 rings (SSSR count). The van der Waals surface area contributed by atoms with E-state index >= 15 is 0 Å². The number of para-hydroxylation sites is 2. The quantitative estimate of drug-likeness (QED) is 0.601. The predicted molar refractivity (Wildman–Crippen MR) is 127 cm³/mol. The maximum Gasteiger partial charge on any atom is 0.262 e. The van der Waals surface area contributed by atoms with Gasteiger partial charge in [0.25, 0.3) is 11.8 Å². The zero-order valence-electron chi connectivity index (χ0n) is 18.6. The largest absolute Gasteiger partial charge is 0.378 e. The Labute approximate surface area is 192 Å². The Bertz CT molecular complexity index is 1210. The molecular formula is C27H25N3O3. The third kappa shape index (κ3) is 3.48. The molecule has 3 amide bonds. The molecule has 0 saturated heterocycles. The smallest absolute Gasteiger partial charge is 0.262 e. The highest BCUT2D eigenvalue weighted by Gasteiger charge is 2.44. The van der Waals surface area contributed by atoms with Crippen molar-refractivity contribution in [3.63, 3.8) is 0 Å². The van der Waals surface area contributed by atoms with Crippen LogP contribution in [0.3, 0.4) is 0 Å². The van der Waals surface area contributed by atoms with Crippen molar-refractivity contribution >= 4 is 29.1 Å². The Morgan fingerprint density at radius 1 is 0.879 bits per heavy atom. The highest BCUT2D eigenvalue weighted by Crippen LogP contribution is 2.39. The Balaban J connectivity index is 1.45. The SMILES string of the molecule is CC(C(=O)N1c2ccccc2C(Nc2ccccc2)CC1C)N1C(=O)c2ccccc2C1=O. The number of nitrogens with one attached hydrogen (secondary N) is 1. The second-order valence-electron chi connectivity index (χ2n) is 8.62. The number of imide groups is 1. The Morgan fingerprint density at radius 3 is 2.12 bits per heavy atom. The minimum absolute atomic E-state index is 0.0391. The van der Waals surface area contributed by atoms with Crippen molar-refractivity contribution in [2.45, 2.75) is 38.4 Å². The van der Waals surface area contributed by atoms with Gasteiger partial charge in [0.1, 0.15) is 6.04 Å². The van der Waals surface area contributed by atoms with E-state index in [4.69, 9.17) is 0 Å². The Hall–Kier alpha value is -3.93. The summed E-state index contributed by atoms with van der Waals surface area (Å²) in [5.74, 6) is -1.10. The van der Waals surface area contributed by atoms with Gasteiger partial charge in [-0.1, -0.05) is 48.5 Å². The van der Waals surface area contributed by atoms with Crippen LogP contribution >= 0.6 is 0 Å². The molecule has 2 aliphatic rings. The number of rotatable bonds is 4. The lowest BCUT2D eigenvalue weighted by molar-refractivity contribution is -0.122. The third-order valence-corrected chi connectivity index (χ3v) is 6.51. The molecule has 3 aromatic rings. The molecule has 2 heterocycles. The average Bonchev–Trinajstić information content (AvgIpc) is 3.09. The van der Waals surface area contributed by atoms with Crippen LogP contribution in [0.25, 0.3) is 0 Å². The van der Waals surface area contributed by atoms with Gasteiger partial charge in [0.15, 0.2) is 0 Å². The first-order valence-electron chi connectivity index (χ1n) is 11.2.